The summed E-state index contributed by atoms with van der Waals surface area (Å²) < 4.78 is 12.9. The molecule has 0 heterocycles. The number of benzene rings is 2. The SMILES string of the molecule is CC(Nc1ccc(F)cc1)(C(=O)O)c1cccc(Cl)c1. The number of aliphatic carboxylic acids is 1. The molecule has 0 aliphatic carbocycles. The van der Waals surface area contributed by atoms with Crippen LogP contribution >= 0.6 is 11.6 Å². The van der Waals surface area contributed by atoms with Crippen LogP contribution in [0.1, 0.15) is 12.5 Å². The first kappa shape index (κ1) is 14.3. The molecule has 2 aromatic carbocycles. The first-order valence-corrected chi connectivity index (χ1v) is 6.33. The summed E-state index contributed by atoms with van der Waals surface area (Å²) in [6, 6.07) is 12.1. The summed E-state index contributed by atoms with van der Waals surface area (Å²) >= 11 is 5.91. The summed E-state index contributed by atoms with van der Waals surface area (Å²) in [7, 11) is 0. The molecule has 104 valence electrons. The van der Waals surface area contributed by atoms with Gasteiger partial charge >= 0.3 is 5.97 Å². The maximum Gasteiger partial charge on any atom is 0.333 e. The topological polar surface area (TPSA) is 49.3 Å². The van der Waals surface area contributed by atoms with E-state index in [1.165, 1.54) is 31.2 Å². The van der Waals surface area contributed by atoms with Gasteiger partial charge in [-0.15, -0.1) is 0 Å². The number of carboxylic acids is 1. The van der Waals surface area contributed by atoms with Crippen LogP contribution in [0.3, 0.4) is 0 Å². The molecule has 0 radical (unpaired) electrons. The van der Waals surface area contributed by atoms with Gasteiger partial charge in [0, 0.05) is 10.7 Å². The lowest BCUT2D eigenvalue weighted by molar-refractivity contribution is -0.142. The predicted octanol–water partition coefficient (Wildman–Crippen LogP) is 3.89. The molecule has 0 fully saturated rings. The first-order chi connectivity index (χ1) is 9.41. The maximum absolute atomic E-state index is 12.9. The Bertz CT molecular complexity index is 630. The van der Waals surface area contributed by atoms with E-state index in [0.29, 0.717) is 16.3 Å². The third kappa shape index (κ3) is 2.91. The number of hydrogen-bond donors (Lipinski definition) is 2. The van der Waals surface area contributed by atoms with Crippen molar-refractivity contribution in [1.29, 1.82) is 0 Å². The number of hydrogen-bond acceptors (Lipinski definition) is 2. The van der Waals surface area contributed by atoms with Crippen molar-refractivity contribution >= 4 is 23.3 Å². The summed E-state index contributed by atoms with van der Waals surface area (Å²) in [6.07, 6.45) is 0. The number of halogens is 2. The Kier molecular flexibility index (Phi) is 3.95. The van der Waals surface area contributed by atoms with Crippen LogP contribution in [-0.4, -0.2) is 11.1 Å². The van der Waals surface area contributed by atoms with Crippen molar-refractivity contribution in [2.45, 2.75) is 12.5 Å². The van der Waals surface area contributed by atoms with Crippen molar-refractivity contribution in [2.24, 2.45) is 0 Å². The van der Waals surface area contributed by atoms with Crippen LogP contribution in [0.2, 0.25) is 5.02 Å². The lowest BCUT2D eigenvalue weighted by Gasteiger charge is -2.28. The van der Waals surface area contributed by atoms with Gasteiger partial charge in [-0.2, -0.15) is 0 Å². The Morgan fingerprint density at radius 1 is 1.25 bits per heavy atom. The standard InChI is InChI=1S/C15H13ClFNO2/c1-15(14(19)20,10-3-2-4-11(16)9-10)18-13-7-5-12(17)6-8-13/h2-9,18H,1H3,(H,19,20). The highest BCUT2D eigenvalue weighted by Gasteiger charge is 2.35. The van der Waals surface area contributed by atoms with E-state index in [-0.39, 0.29) is 5.82 Å². The van der Waals surface area contributed by atoms with Crippen LogP contribution in [0, 0.1) is 5.82 Å². The van der Waals surface area contributed by atoms with Gasteiger partial charge in [0.1, 0.15) is 5.82 Å². The van der Waals surface area contributed by atoms with Crippen molar-refractivity contribution in [2.75, 3.05) is 5.32 Å². The van der Waals surface area contributed by atoms with Crippen molar-refractivity contribution < 1.29 is 14.3 Å². The largest absolute Gasteiger partial charge is 0.479 e. The summed E-state index contributed by atoms with van der Waals surface area (Å²) in [4.78, 5) is 11.6. The minimum absolute atomic E-state index is 0.379. The molecule has 0 saturated carbocycles. The average molecular weight is 294 g/mol. The molecule has 1 unspecified atom stereocenters. The molecule has 20 heavy (non-hydrogen) atoms. The van der Waals surface area contributed by atoms with E-state index in [1.807, 2.05) is 0 Å². The Morgan fingerprint density at radius 2 is 1.90 bits per heavy atom. The van der Waals surface area contributed by atoms with E-state index < -0.39 is 11.5 Å². The zero-order valence-electron chi connectivity index (χ0n) is 10.7. The third-order valence-corrected chi connectivity index (χ3v) is 3.30. The predicted molar refractivity (Wildman–Crippen MR) is 76.5 cm³/mol. The second-order valence-corrected chi connectivity index (χ2v) is 5.01. The Labute approximate surface area is 121 Å². The maximum atomic E-state index is 12.9. The lowest BCUT2D eigenvalue weighted by atomic mass is 9.91. The first-order valence-electron chi connectivity index (χ1n) is 5.95. The van der Waals surface area contributed by atoms with Crippen LogP contribution in [0.25, 0.3) is 0 Å². The molecule has 1 atom stereocenters. The highest BCUT2D eigenvalue weighted by molar-refractivity contribution is 6.30. The zero-order chi connectivity index (χ0) is 14.8. The van der Waals surface area contributed by atoms with E-state index in [1.54, 1.807) is 24.3 Å². The van der Waals surface area contributed by atoms with Gasteiger partial charge in [0.15, 0.2) is 5.54 Å². The molecule has 0 spiro atoms. The van der Waals surface area contributed by atoms with Crippen LogP contribution in [0.15, 0.2) is 48.5 Å². The van der Waals surface area contributed by atoms with Crippen LogP contribution in [0.5, 0.6) is 0 Å². The zero-order valence-corrected chi connectivity index (χ0v) is 11.5. The molecule has 2 rings (SSSR count). The quantitative estimate of drug-likeness (QED) is 0.899. The minimum Gasteiger partial charge on any atom is -0.479 e. The van der Waals surface area contributed by atoms with E-state index in [0.717, 1.165) is 0 Å². The molecular weight excluding hydrogens is 281 g/mol. The second kappa shape index (κ2) is 5.51. The molecule has 5 heteroatoms. The molecule has 2 N–H and O–H groups in total. The third-order valence-electron chi connectivity index (χ3n) is 3.07. The van der Waals surface area contributed by atoms with Gasteiger partial charge in [-0.1, -0.05) is 23.7 Å². The van der Waals surface area contributed by atoms with Crippen molar-refractivity contribution in [3.8, 4) is 0 Å². The van der Waals surface area contributed by atoms with Gasteiger partial charge in [-0.05, 0) is 48.9 Å². The van der Waals surface area contributed by atoms with Gasteiger partial charge in [0.25, 0.3) is 0 Å². The summed E-state index contributed by atoms with van der Waals surface area (Å²) in [5.74, 6) is -1.43. The van der Waals surface area contributed by atoms with Crippen molar-refractivity contribution in [3.05, 3.63) is 64.9 Å². The van der Waals surface area contributed by atoms with Crippen LogP contribution < -0.4 is 5.32 Å². The highest BCUT2D eigenvalue weighted by Crippen LogP contribution is 2.28. The lowest BCUT2D eigenvalue weighted by Crippen LogP contribution is -2.40. The van der Waals surface area contributed by atoms with Gasteiger partial charge < -0.3 is 10.4 Å². The van der Waals surface area contributed by atoms with Gasteiger partial charge in [-0.25, -0.2) is 9.18 Å². The van der Waals surface area contributed by atoms with Crippen LogP contribution in [0.4, 0.5) is 10.1 Å². The molecule has 2 aromatic rings. The Balaban J connectivity index is 2.39. The Hall–Kier alpha value is -2.07. The van der Waals surface area contributed by atoms with Crippen molar-refractivity contribution in [3.63, 3.8) is 0 Å². The fraction of sp³-hybridized carbons (Fsp3) is 0.133. The molecular formula is C15H13ClFNO2. The highest BCUT2D eigenvalue weighted by atomic mass is 35.5. The number of rotatable bonds is 4. The van der Waals surface area contributed by atoms with E-state index >= 15 is 0 Å². The van der Waals surface area contributed by atoms with Gasteiger partial charge in [-0.3, -0.25) is 0 Å². The average Bonchev–Trinajstić information content (AvgIpc) is 2.41. The van der Waals surface area contributed by atoms with E-state index in [9.17, 15) is 14.3 Å². The monoisotopic (exact) mass is 293 g/mol. The van der Waals surface area contributed by atoms with Crippen molar-refractivity contribution in [1.82, 2.24) is 0 Å². The Morgan fingerprint density at radius 3 is 2.45 bits per heavy atom. The summed E-state index contributed by atoms with van der Waals surface area (Å²) in [5.41, 5.74) is -0.332. The molecule has 0 bridgehead atoms. The fourth-order valence-electron chi connectivity index (χ4n) is 1.87. The van der Waals surface area contributed by atoms with Gasteiger partial charge in [0.2, 0.25) is 0 Å². The number of carboxylic acid groups (broad SMARTS) is 1. The fourth-order valence-corrected chi connectivity index (χ4v) is 2.06. The molecule has 0 aromatic heterocycles. The molecule has 0 saturated heterocycles. The molecule has 0 aliphatic heterocycles. The van der Waals surface area contributed by atoms with Crippen LogP contribution in [-0.2, 0) is 10.3 Å². The summed E-state index contributed by atoms with van der Waals surface area (Å²) in [6.45, 7) is 1.53. The van der Waals surface area contributed by atoms with E-state index in [2.05, 4.69) is 5.32 Å². The van der Waals surface area contributed by atoms with Gasteiger partial charge in [0.05, 0.1) is 0 Å². The van der Waals surface area contributed by atoms with E-state index in [4.69, 9.17) is 11.6 Å². The smallest absolute Gasteiger partial charge is 0.333 e. The number of carbonyl (C=O) groups is 1. The number of anilines is 1. The summed E-state index contributed by atoms with van der Waals surface area (Å²) in [5, 5.41) is 12.9. The second-order valence-electron chi connectivity index (χ2n) is 4.57. The molecule has 0 amide bonds. The molecule has 3 nitrogen and oxygen atoms in total. The number of nitrogens with one attached hydrogen (secondary N) is 1. The normalized spacial score (nSPS) is 13.6. The minimum atomic E-state index is -1.36. The molecule has 0 aliphatic rings.